The summed E-state index contributed by atoms with van der Waals surface area (Å²) in [7, 11) is 1.81. The Hall–Kier alpha value is -0.120. The third-order valence-corrected chi connectivity index (χ3v) is 3.29. The van der Waals surface area contributed by atoms with Crippen molar-refractivity contribution in [1.29, 1.82) is 0 Å². The van der Waals surface area contributed by atoms with Crippen LogP contribution in [0.2, 0.25) is 0 Å². The molecule has 3 heteroatoms. The van der Waals surface area contributed by atoms with Crippen molar-refractivity contribution < 1.29 is 4.74 Å². The van der Waals surface area contributed by atoms with E-state index in [4.69, 9.17) is 4.74 Å². The first-order chi connectivity index (χ1) is 7.67. The van der Waals surface area contributed by atoms with E-state index in [1.54, 1.807) is 0 Å². The molecule has 0 aromatic heterocycles. The van der Waals surface area contributed by atoms with E-state index < -0.39 is 0 Å². The van der Waals surface area contributed by atoms with Gasteiger partial charge in [-0.1, -0.05) is 27.2 Å². The smallest absolute Gasteiger partial charge is 0.0618 e. The van der Waals surface area contributed by atoms with Crippen LogP contribution in [0.3, 0.4) is 0 Å². The highest BCUT2D eigenvalue weighted by molar-refractivity contribution is 4.86. The maximum absolute atomic E-state index is 5.32. The summed E-state index contributed by atoms with van der Waals surface area (Å²) in [4.78, 5) is 2.59. The van der Waals surface area contributed by atoms with E-state index >= 15 is 0 Å². The molecule has 2 atom stereocenters. The number of nitrogens with zero attached hydrogens (tertiary/aromatic N) is 1. The first-order valence-electron chi connectivity index (χ1n) is 6.66. The summed E-state index contributed by atoms with van der Waals surface area (Å²) in [5.41, 5.74) is 0. The molecule has 1 saturated heterocycles. The average molecular weight is 228 g/mol. The molecule has 2 unspecified atom stereocenters. The zero-order chi connectivity index (χ0) is 12.0. The Bertz CT molecular complexity index is 179. The van der Waals surface area contributed by atoms with E-state index in [2.05, 4.69) is 31.0 Å². The summed E-state index contributed by atoms with van der Waals surface area (Å²) in [6.45, 7) is 9.98. The molecule has 1 heterocycles. The molecule has 3 nitrogen and oxygen atoms in total. The summed E-state index contributed by atoms with van der Waals surface area (Å²) in [6, 6.07) is 1.89. The van der Waals surface area contributed by atoms with Gasteiger partial charge in [0, 0.05) is 38.3 Å². The minimum absolute atomic E-state index is 0.594. The Kier molecular flexibility index (Phi) is 6.32. The van der Waals surface area contributed by atoms with E-state index in [0.717, 1.165) is 6.61 Å². The lowest BCUT2D eigenvalue weighted by molar-refractivity contribution is 0.0980. The second-order valence-corrected chi connectivity index (χ2v) is 5.20. The molecule has 1 aliphatic rings. The van der Waals surface area contributed by atoms with Crippen LogP contribution in [0.5, 0.6) is 0 Å². The van der Waals surface area contributed by atoms with Crippen LogP contribution in [0.1, 0.15) is 40.0 Å². The van der Waals surface area contributed by atoms with Gasteiger partial charge in [0.25, 0.3) is 0 Å². The fraction of sp³-hybridized carbons (Fsp3) is 1.00. The molecular formula is C13H28N2O. The maximum atomic E-state index is 5.32. The van der Waals surface area contributed by atoms with Gasteiger partial charge in [-0.15, -0.1) is 0 Å². The molecular weight excluding hydrogens is 200 g/mol. The minimum Gasteiger partial charge on any atom is -0.383 e. The molecule has 0 aromatic rings. The van der Waals surface area contributed by atoms with Crippen LogP contribution < -0.4 is 5.32 Å². The molecule has 0 amide bonds. The molecule has 0 radical (unpaired) electrons. The lowest BCUT2D eigenvalue weighted by Crippen LogP contribution is -2.41. The molecule has 0 saturated carbocycles. The predicted molar refractivity (Wildman–Crippen MR) is 68.8 cm³/mol. The summed E-state index contributed by atoms with van der Waals surface area (Å²) in [5, 5.41) is 3.63. The van der Waals surface area contributed by atoms with Gasteiger partial charge in [0.1, 0.15) is 0 Å². The van der Waals surface area contributed by atoms with Crippen molar-refractivity contribution in [2.75, 3.05) is 26.8 Å². The van der Waals surface area contributed by atoms with Crippen molar-refractivity contribution in [1.82, 2.24) is 10.2 Å². The summed E-state index contributed by atoms with van der Waals surface area (Å²) in [6.07, 6.45) is 3.77. The molecule has 0 aromatic carbocycles. The number of nitrogens with one attached hydrogen (secondary N) is 1. The largest absolute Gasteiger partial charge is 0.383 e. The molecule has 1 rings (SSSR count). The van der Waals surface area contributed by atoms with Gasteiger partial charge in [-0.25, -0.2) is 0 Å². The highest BCUT2D eigenvalue weighted by Gasteiger charge is 2.27. The Morgan fingerprint density at radius 2 is 2.19 bits per heavy atom. The molecule has 1 fully saturated rings. The highest BCUT2D eigenvalue weighted by Crippen LogP contribution is 2.16. The third-order valence-electron chi connectivity index (χ3n) is 3.29. The minimum atomic E-state index is 0.594. The maximum Gasteiger partial charge on any atom is 0.0618 e. The quantitative estimate of drug-likeness (QED) is 0.720. The predicted octanol–water partition coefficient (Wildman–Crippen LogP) is 1.87. The van der Waals surface area contributed by atoms with Crippen LogP contribution in [0, 0.1) is 0 Å². The second kappa shape index (κ2) is 7.25. The molecule has 0 bridgehead atoms. The number of likely N-dealkylation sites (tertiary alicyclic amines) is 1. The van der Waals surface area contributed by atoms with Crippen molar-refractivity contribution in [2.45, 2.75) is 58.2 Å². The number of methoxy groups -OCH3 is 1. The van der Waals surface area contributed by atoms with Crippen molar-refractivity contribution in [3.05, 3.63) is 0 Å². The third kappa shape index (κ3) is 4.40. The van der Waals surface area contributed by atoms with Gasteiger partial charge in [-0.05, 0) is 12.8 Å². The summed E-state index contributed by atoms with van der Waals surface area (Å²) in [5.74, 6) is 0. The first kappa shape index (κ1) is 13.9. The topological polar surface area (TPSA) is 24.5 Å². The summed E-state index contributed by atoms with van der Waals surface area (Å²) < 4.78 is 5.32. The highest BCUT2D eigenvalue weighted by atomic mass is 16.5. The SMILES string of the molecule is CCCC(COC)N1CCC(NC(C)C)C1. The monoisotopic (exact) mass is 228 g/mol. The number of rotatable bonds is 7. The second-order valence-electron chi connectivity index (χ2n) is 5.20. The lowest BCUT2D eigenvalue weighted by atomic mass is 10.1. The average Bonchev–Trinajstić information content (AvgIpc) is 2.65. The fourth-order valence-electron chi connectivity index (χ4n) is 2.62. The van der Waals surface area contributed by atoms with Crippen molar-refractivity contribution in [2.24, 2.45) is 0 Å². The number of hydrogen-bond donors (Lipinski definition) is 1. The Morgan fingerprint density at radius 1 is 1.44 bits per heavy atom. The van der Waals surface area contributed by atoms with Crippen LogP contribution in [-0.4, -0.2) is 49.8 Å². The fourth-order valence-corrected chi connectivity index (χ4v) is 2.62. The Balaban J connectivity index is 2.36. The standard InChI is InChI=1S/C13H28N2O/c1-5-6-13(10-16-4)15-8-7-12(9-15)14-11(2)3/h11-14H,5-10H2,1-4H3. The lowest BCUT2D eigenvalue weighted by Gasteiger charge is -2.27. The van der Waals surface area contributed by atoms with Crippen LogP contribution in [0.25, 0.3) is 0 Å². The molecule has 96 valence electrons. The molecule has 1 aliphatic heterocycles. The Morgan fingerprint density at radius 3 is 2.75 bits per heavy atom. The molecule has 16 heavy (non-hydrogen) atoms. The van der Waals surface area contributed by atoms with Gasteiger partial charge < -0.3 is 10.1 Å². The first-order valence-corrected chi connectivity index (χ1v) is 6.66. The van der Waals surface area contributed by atoms with Gasteiger partial charge in [0.05, 0.1) is 6.61 Å². The van der Waals surface area contributed by atoms with E-state index in [0.29, 0.717) is 18.1 Å². The van der Waals surface area contributed by atoms with Crippen LogP contribution in [0.15, 0.2) is 0 Å². The molecule has 0 spiro atoms. The zero-order valence-corrected chi connectivity index (χ0v) is 11.3. The number of ether oxygens (including phenoxy) is 1. The van der Waals surface area contributed by atoms with Crippen LogP contribution >= 0.6 is 0 Å². The van der Waals surface area contributed by atoms with Crippen molar-refractivity contribution >= 4 is 0 Å². The van der Waals surface area contributed by atoms with Gasteiger partial charge in [-0.2, -0.15) is 0 Å². The van der Waals surface area contributed by atoms with Crippen LogP contribution in [0.4, 0.5) is 0 Å². The zero-order valence-electron chi connectivity index (χ0n) is 11.3. The van der Waals surface area contributed by atoms with Gasteiger partial charge in [-0.3, -0.25) is 4.90 Å². The van der Waals surface area contributed by atoms with E-state index in [9.17, 15) is 0 Å². The van der Waals surface area contributed by atoms with Crippen molar-refractivity contribution in [3.63, 3.8) is 0 Å². The van der Waals surface area contributed by atoms with Gasteiger partial charge >= 0.3 is 0 Å². The molecule has 0 aliphatic carbocycles. The van der Waals surface area contributed by atoms with E-state index in [1.165, 1.54) is 32.4 Å². The summed E-state index contributed by atoms with van der Waals surface area (Å²) >= 11 is 0. The molecule has 1 N–H and O–H groups in total. The van der Waals surface area contributed by atoms with Gasteiger partial charge in [0.15, 0.2) is 0 Å². The normalized spacial score (nSPS) is 24.2. The van der Waals surface area contributed by atoms with E-state index in [1.807, 2.05) is 7.11 Å². The van der Waals surface area contributed by atoms with Crippen LogP contribution in [-0.2, 0) is 4.74 Å². The van der Waals surface area contributed by atoms with Gasteiger partial charge in [0.2, 0.25) is 0 Å². The van der Waals surface area contributed by atoms with E-state index in [-0.39, 0.29) is 0 Å². The van der Waals surface area contributed by atoms with Crippen molar-refractivity contribution in [3.8, 4) is 0 Å². The Labute approximate surface area is 101 Å². The number of hydrogen-bond acceptors (Lipinski definition) is 3.